The molecular weight excluding hydrogens is 310 g/mol. The molecule has 0 atom stereocenters. The molecule has 6 heteroatoms. The molecule has 2 rings (SSSR count). The second-order valence-corrected chi connectivity index (χ2v) is 4.84. The topological polar surface area (TPSA) is 95.9 Å². The number of rotatable bonds is 6. The van der Waals surface area contributed by atoms with E-state index in [0.717, 1.165) is 0 Å². The minimum Gasteiger partial charge on any atom is -0.504 e. The number of aromatic hydroxyl groups is 1. The number of hydrogen-bond donors (Lipinski definition) is 3. The van der Waals surface area contributed by atoms with E-state index in [-0.39, 0.29) is 17.2 Å². The fraction of sp³-hybridized carbons (Fsp3) is 0.111. The number of nitrogens with one attached hydrogen (secondary N) is 1. The fourth-order valence-corrected chi connectivity index (χ4v) is 1.99. The summed E-state index contributed by atoms with van der Waals surface area (Å²) in [6.07, 6.45) is 1.30. The zero-order valence-electron chi connectivity index (χ0n) is 13.0. The number of aliphatic carboxylic acids is 1. The molecule has 1 amide bonds. The molecule has 24 heavy (non-hydrogen) atoms. The lowest BCUT2D eigenvalue weighted by molar-refractivity contribution is -0.132. The molecule has 6 nitrogen and oxygen atoms in total. The van der Waals surface area contributed by atoms with Crippen molar-refractivity contribution in [2.75, 3.05) is 6.61 Å². The molecule has 0 aliphatic heterocycles. The highest BCUT2D eigenvalue weighted by molar-refractivity contribution is 6.02. The number of hydrogen-bond acceptors (Lipinski definition) is 4. The van der Waals surface area contributed by atoms with Crippen LogP contribution in [0.3, 0.4) is 0 Å². The molecule has 0 heterocycles. The standard InChI is InChI=1S/C18H17NO5/c1-2-24-16-11-12(8-9-15(16)20)10-14(18(22)23)19-17(21)13-6-4-3-5-7-13/h3-11,20H,2H2,1H3,(H,19,21)(H,22,23)/b14-10+. The van der Waals surface area contributed by atoms with Gasteiger partial charge in [0.05, 0.1) is 6.61 Å². The van der Waals surface area contributed by atoms with Crippen LogP contribution in [-0.2, 0) is 4.79 Å². The Bertz CT molecular complexity index is 768. The van der Waals surface area contributed by atoms with Gasteiger partial charge in [-0.3, -0.25) is 4.79 Å². The smallest absolute Gasteiger partial charge is 0.352 e. The van der Waals surface area contributed by atoms with E-state index in [1.54, 1.807) is 37.3 Å². The first-order valence-electron chi connectivity index (χ1n) is 7.28. The SMILES string of the molecule is CCOc1cc(/C=C(/NC(=O)c2ccccc2)C(=O)O)ccc1O. The van der Waals surface area contributed by atoms with Gasteiger partial charge in [0, 0.05) is 5.56 Å². The van der Waals surface area contributed by atoms with Crippen LogP contribution in [0.5, 0.6) is 11.5 Å². The number of benzene rings is 2. The molecule has 0 aliphatic rings. The highest BCUT2D eigenvalue weighted by Crippen LogP contribution is 2.27. The zero-order valence-corrected chi connectivity index (χ0v) is 13.0. The summed E-state index contributed by atoms with van der Waals surface area (Å²) in [5.41, 5.74) is 0.546. The minimum absolute atomic E-state index is 0.0424. The van der Waals surface area contributed by atoms with Crippen molar-refractivity contribution in [3.05, 3.63) is 65.4 Å². The quantitative estimate of drug-likeness (QED) is 0.709. The van der Waals surface area contributed by atoms with Crippen molar-refractivity contribution in [2.24, 2.45) is 0 Å². The van der Waals surface area contributed by atoms with Gasteiger partial charge in [0.15, 0.2) is 11.5 Å². The molecule has 3 N–H and O–H groups in total. The Labute approximate surface area is 139 Å². The first-order valence-corrected chi connectivity index (χ1v) is 7.28. The van der Waals surface area contributed by atoms with E-state index in [9.17, 15) is 19.8 Å². The molecule has 0 bridgehead atoms. The van der Waals surface area contributed by atoms with E-state index < -0.39 is 11.9 Å². The van der Waals surface area contributed by atoms with E-state index in [1.807, 2.05) is 0 Å². The van der Waals surface area contributed by atoms with Crippen LogP contribution < -0.4 is 10.1 Å². The number of carbonyl (C=O) groups excluding carboxylic acids is 1. The van der Waals surface area contributed by atoms with Crippen LogP contribution >= 0.6 is 0 Å². The van der Waals surface area contributed by atoms with E-state index in [0.29, 0.717) is 17.7 Å². The maximum atomic E-state index is 12.1. The predicted octanol–water partition coefficient (Wildman–Crippen LogP) is 2.65. The Morgan fingerprint density at radius 3 is 2.50 bits per heavy atom. The molecular formula is C18H17NO5. The van der Waals surface area contributed by atoms with E-state index in [1.165, 1.54) is 24.3 Å². The number of ether oxygens (including phenoxy) is 1. The van der Waals surface area contributed by atoms with Crippen LogP contribution in [0.4, 0.5) is 0 Å². The van der Waals surface area contributed by atoms with Crippen molar-refractivity contribution in [2.45, 2.75) is 6.92 Å². The number of carboxylic acid groups (broad SMARTS) is 1. The Morgan fingerprint density at radius 1 is 1.17 bits per heavy atom. The summed E-state index contributed by atoms with van der Waals surface area (Å²) in [5, 5.41) is 21.3. The summed E-state index contributed by atoms with van der Waals surface area (Å²) in [7, 11) is 0. The van der Waals surface area contributed by atoms with Crippen molar-refractivity contribution in [1.82, 2.24) is 5.32 Å². The number of carbonyl (C=O) groups is 2. The van der Waals surface area contributed by atoms with Crippen LogP contribution in [0, 0.1) is 0 Å². The van der Waals surface area contributed by atoms with Crippen molar-refractivity contribution < 1.29 is 24.5 Å². The highest BCUT2D eigenvalue weighted by atomic mass is 16.5. The van der Waals surface area contributed by atoms with Gasteiger partial charge in [-0.25, -0.2) is 4.79 Å². The lowest BCUT2D eigenvalue weighted by Crippen LogP contribution is -2.27. The first-order chi connectivity index (χ1) is 11.5. The van der Waals surface area contributed by atoms with Crippen molar-refractivity contribution in [1.29, 1.82) is 0 Å². The summed E-state index contributed by atoms with van der Waals surface area (Å²) in [4.78, 5) is 23.5. The summed E-state index contributed by atoms with van der Waals surface area (Å²) in [6, 6.07) is 12.7. The number of phenolic OH excluding ortho intramolecular Hbond substituents is 1. The molecule has 0 unspecified atom stereocenters. The maximum absolute atomic E-state index is 12.1. The Morgan fingerprint density at radius 2 is 1.88 bits per heavy atom. The van der Waals surface area contributed by atoms with Crippen molar-refractivity contribution >= 4 is 18.0 Å². The molecule has 0 aromatic heterocycles. The highest BCUT2D eigenvalue weighted by Gasteiger charge is 2.13. The molecule has 2 aromatic rings. The lowest BCUT2D eigenvalue weighted by atomic mass is 10.1. The number of carboxylic acids is 1. The van der Waals surface area contributed by atoms with Gasteiger partial charge >= 0.3 is 5.97 Å². The Hall–Kier alpha value is -3.28. The van der Waals surface area contributed by atoms with E-state index >= 15 is 0 Å². The predicted molar refractivity (Wildman–Crippen MR) is 88.8 cm³/mol. The van der Waals surface area contributed by atoms with Gasteiger partial charge in [-0.15, -0.1) is 0 Å². The second kappa shape index (κ2) is 7.82. The minimum atomic E-state index is -1.27. The maximum Gasteiger partial charge on any atom is 0.352 e. The van der Waals surface area contributed by atoms with Gasteiger partial charge in [0.2, 0.25) is 0 Å². The zero-order chi connectivity index (χ0) is 17.5. The van der Waals surface area contributed by atoms with Gasteiger partial charge < -0.3 is 20.3 Å². The first kappa shape index (κ1) is 17.1. The summed E-state index contributed by atoms with van der Waals surface area (Å²) < 4.78 is 5.26. The Kier molecular flexibility index (Phi) is 5.57. The van der Waals surface area contributed by atoms with Crippen LogP contribution in [0.2, 0.25) is 0 Å². The molecule has 0 spiro atoms. The van der Waals surface area contributed by atoms with Crippen LogP contribution in [0.15, 0.2) is 54.2 Å². The average Bonchev–Trinajstić information content (AvgIpc) is 2.58. The van der Waals surface area contributed by atoms with Gasteiger partial charge in [-0.1, -0.05) is 24.3 Å². The van der Waals surface area contributed by atoms with E-state index in [2.05, 4.69) is 5.32 Å². The van der Waals surface area contributed by atoms with Crippen LogP contribution in [0.1, 0.15) is 22.8 Å². The normalized spacial score (nSPS) is 11.0. The average molecular weight is 327 g/mol. The van der Waals surface area contributed by atoms with Crippen LogP contribution in [-0.4, -0.2) is 28.7 Å². The Balaban J connectivity index is 2.27. The monoisotopic (exact) mass is 327 g/mol. The van der Waals surface area contributed by atoms with Gasteiger partial charge in [0.1, 0.15) is 5.70 Å². The molecule has 0 fully saturated rings. The third-order valence-corrected chi connectivity index (χ3v) is 3.11. The summed E-state index contributed by atoms with van der Waals surface area (Å²) >= 11 is 0. The third-order valence-electron chi connectivity index (χ3n) is 3.11. The molecule has 0 aliphatic carbocycles. The fourth-order valence-electron chi connectivity index (χ4n) is 1.99. The number of phenols is 1. The number of amides is 1. The molecule has 2 aromatic carbocycles. The summed E-state index contributed by atoms with van der Waals surface area (Å²) in [5.74, 6) is -1.59. The van der Waals surface area contributed by atoms with Gasteiger partial charge in [-0.2, -0.15) is 0 Å². The van der Waals surface area contributed by atoms with Gasteiger partial charge in [-0.05, 0) is 42.8 Å². The van der Waals surface area contributed by atoms with Crippen molar-refractivity contribution in [3.63, 3.8) is 0 Å². The molecule has 0 saturated heterocycles. The van der Waals surface area contributed by atoms with Crippen LogP contribution in [0.25, 0.3) is 6.08 Å². The molecule has 0 radical (unpaired) electrons. The lowest BCUT2D eigenvalue weighted by Gasteiger charge is -2.08. The second-order valence-electron chi connectivity index (χ2n) is 4.84. The largest absolute Gasteiger partial charge is 0.504 e. The van der Waals surface area contributed by atoms with Gasteiger partial charge in [0.25, 0.3) is 5.91 Å². The van der Waals surface area contributed by atoms with Crippen molar-refractivity contribution in [3.8, 4) is 11.5 Å². The molecule has 0 saturated carbocycles. The van der Waals surface area contributed by atoms with E-state index in [4.69, 9.17) is 4.74 Å². The third kappa shape index (κ3) is 4.36. The summed E-state index contributed by atoms with van der Waals surface area (Å²) in [6.45, 7) is 2.13. The molecule has 124 valence electrons.